The van der Waals surface area contributed by atoms with Gasteiger partial charge in [0.1, 0.15) is 23.7 Å². The number of phenolic OH excluding ortho intramolecular Hbond substituents is 2. The number of hydrogen-bond acceptors (Lipinski definition) is 5. The summed E-state index contributed by atoms with van der Waals surface area (Å²) < 4.78 is 17.7. The number of halogens is 4. The van der Waals surface area contributed by atoms with Crippen LogP contribution in [0.2, 0.25) is 0 Å². The molecule has 5 nitrogen and oxygen atoms in total. The number of epoxide rings is 2. The number of benzene rings is 2. The topological polar surface area (TPSA) is 74.8 Å². The lowest BCUT2D eigenvalue weighted by Crippen LogP contribution is -2.19. The van der Waals surface area contributed by atoms with Crippen LogP contribution in [0.5, 0.6) is 11.5 Å². The Morgan fingerprint density at radius 3 is 1.37 bits per heavy atom. The zero-order valence-electron chi connectivity index (χ0n) is 16.4. The number of rotatable bonds is 6. The summed E-state index contributed by atoms with van der Waals surface area (Å²) in [6, 6.07) is 7.59. The predicted molar refractivity (Wildman–Crippen MR) is 129 cm³/mol. The molecule has 0 aliphatic carbocycles. The summed E-state index contributed by atoms with van der Waals surface area (Å²) in [7, 11) is 0. The standard InChI is InChI=1S/C15H12Br4O2.C6H10O3/c1-15(2,7-3-9(16)13(20)10(17)4-7)8-5-11(18)14(21)12(19)6-8;1(5-3-8-5)7-2-6-4-9-6/h3-6,20-21H,1-2H3;5-6H,1-4H2. The van der Waals surface area contributed by atoms with Gasteiger partial charge in [0.25, 0.3) is 0 Å². The highest BCUT2D eigenvalue weighted by Crippen LogP contribution is 2.43. The lowest BCUT2D eigenvalue weighted by molar-refractivity contribution is 0.102. The molecule has 2 fully saturated rings. The Bertz CT molecular complexity index is 793. The van der Waals surface area contributed by atoms with E-state index in [1.165, 1.54) is 0 Å². The summed E-state index contributed by atoms with van der Waals surface area (Å²) in [5, 5.41) is 19.7. The molecule has 2 aliphatic rings. The molecule has 2 atom stereocenters. The van der Waals surface area contributed by atoms with E-state index in [-0.39, 0.29) is 16.9 Å². The third-order valence-electron chi connectivity index (χ3n) is 4.89. The highest BCUT2D eigenvalue weighted by atomic mass is 79.9. The van der Waals surface area contributed by atoms with E-state index in [1.54, 1.807) is 0 Å². The first-order valence-corrected chi connectivity index (χ1v) is 12.4. The van der Waals surface area contributed by atoms with Crippen LogP contribution in [0.3, 0.4) is 0 Å². The minimum absolute atomic E-state index is 0.183. The summed E-state index contributed by atoms with van der Waals surface area (Å²) in [5.74, 6) is 0.366. The predicted octanol–water partition coefficient (Wildman–Crippen LogP) is 6.27. The summed E-state index contributed by atoms with van der Waals surface area (Å²) in [4.78, 5) is 0. The van der Waals surface area contributed by atoms with Crippen molar-refractivity contribution < 1.29 is 24.4 Å². The van der Waals surface area contributed by atoms with E-state index < -0.39 is 0 Å². The molecular weight excluding hydrogens is 652 g/mol. The van der Waals surface area contributed by atoms with Crippen molar-refractivity contribution in [3.63, 3.8) is 0 Å². The summed E-state index contributed by atoms with van der Waals surface area (Å²) in [5.41, 5.74) is 1.75. The maximum atomic E-state index is 9.85. The van der Waals surface area contributed by atoms with Gasteiger partial charge in [-0.25, -0.2) is 0 Å². The lowest BCUT2D eigenvalue weighted by Gasteiger charge is -2.27. The van der Waals surface area contributed by atoms with Gasteiger partial charge in [0.05, 0.1) is 44.3 Å². The molecule has 2 unspecified atom stereocenters. The lowest BCUT2D eigenvalue weighted by atomic mass is 9.78. The summed E-state index contributed by atoms with van der Waals surface area (Å²) in [6.07, 6.45) is 0.785. The number of aromatic hydroxyl groups is 2. The van der Waals surface area contributed by atoms with E-state index in [4.69, 9.17) is 14.2 Å². The van der Waals surface area contributed by atoms with Crippen LogP contribution in [0.1, 0.15) is 25.0 Å². The Morgan fingerprint density at radius 2 is 1.10 bits per heavy atom. The van der Waals surface area contributed by atoms with E-state index in [0.717, 1.165) is 37.6 Å². The van der Waals surface area contributed by atoms with E-state index in [9.17, 15) is 10.2 Å². The molecule has 0 radical (unpaired) electrons. The molecule has 9 heteroatoms. The Labute approximate surface area is 209 Å². The summed E-state index contributed by atoms with van der Waals surface area (Å²) >= 11 is 13.5. The van der Waals surface area contributed by atoms with Crippen LogP contribution in [0.4, 0.5) is 0 Å². The molecular formula is C21H22Br4O5. The number of phenols is 2. The molecule has 2 saturated heterocycles. The van der Waals surface area contributed by atoms with Crippen LogP contribution in [-0.4, -0.2) is 48.8 Å². The molecule has 30 heavy (non-hydrogen) atoms. The second-order valence-corrected chi connectivity index (χ2v) is 11.1. The largest absolute Gasteiger partial charge is 0.506 e. The quantitative estimate of drug-likeness (QED) is 0.354. The Morgan fingerprint density at radius 1 is 0.800 bits per heavy atom. The fourth-order valence-corrected chi connectivity index (χ4v) is 5.05. The zero-order valence-corrected chi connectivity index (χ0v) is 22.8. The molecule has 0 bridgehead atoms. The minimum atomic E-state index is -0.308. The van der Waals surface area contributed by atoms with Gasteiger partial charge in [0.2, 0.25) is 0 Å². The van der Waals surface area contributed by atoms with Crippen molar-refractivity contribution >= 4 is 63.7 Å². The normalized spacial score (nSPS) is 19.8. The van der Waals surface area contributed by atoms with Crippen LogP contribution in [0.25, 0.3) is 0 Å². The monoisotopic (exact) mass is 670 g/mol. The minimum Gasteiger partial charge on any atom is -0.506 e. The molecule has 0 saturated carbocycles. The van der Waals surface area contributed by atoms with Crippen molar-refractivity contribution in [3.05, 3.63) is 53.3 Å². The van der Waals surface area contributed by atoms with Crippen molar-refractivity contribution in [2.24, 2.45) is 0 Å². The van der Waals surface area contributed by atoms with Crippen molar-refractivity contribution in [3.8, 4) is 11.5 Å². The van der Waals surface area contributed by atoms with E-state index in [0.29, 0.717) is 30.1 Å². The highest BCUT2D eigenvalue weighted by Gasteiger charge is 2.27. The molecule has 2 aromatic carbocycles. The molecule has 0 aromatic heterocycles. The van der Waals surface area contributed by atoms with Crippen LogP contribution in [0.15, 0.2) is 42.2 Å². The molecule has 164 valence electrons. The second-order valence-electron chi connectivity index (χ2n) is 7.65. The molecule has 0 amide bonds. The maximum absolute atomic E-state index is 9.85. The third kappa shape index (κ3) is 6.43. The van der Waals surface area contributed by atoms with Gasteiger partial charge in [-0.2, -0.15) is 0 Å². The van der Waals surface area contributed by atoms with Crippen LogP contribution >= 0.6 is 63.7 Å². The molecule has 4 rings (SSSR count). The maximum Gasteiger partial charge on any atom is 0.143 e. The average molecular weight is 674 g/mol. The fraction of sp³-hybridized carbons (Fsp3) is 0.429. The van der Waals surface area contributed by atoms with Crippen molar-refractivity contribution in [1.29, 1.82) is 0 Å². The van der Waals surface area contributed by atoms with Gasteiger partial charge in [0, 0.05) is 5.41 Å². The van der Waals surface area contributed by atoms with E-state index in [1.807, 2.05) is 24.3 Å². The first-order chi connectivity index (χ1) is 14.1. The Hall–Kier alpha value is -0.160. The van der Waals surface area contributed by atoms with Gasteiger partial charge in [-0.1, -0.05) is 13.8 Å². The second kappa shape index (κ2) is 10.2. The Balaban J connectivity index is 0.000000234. The van der Waals surface area contributed by atoms with Crippen molar-refractivity contribution in [1.82, 2.24) is 0 Å². The average Bonchev–Trinajstić information content (AvgIpc) is 3.59. The van der Waals surface area contributed by atoms with Crippen LogP contribution in [0, 0.1) is 0 Å². The first kappa shape index (κ1) is 24.5. The smallest absolute Gasteiger partial charge is 0.143 e. The van der Waals surface area contributed by atoms with Gasteiger partial charge in [-0.05, 0) is 99.1 Å². The molecule has 2 aliphatic heterocycles. The molecule has 2 N–H and O–H groups in total. The fourth-order valence-electron chi connectivity index (χ4n) is 2.68. The number of ether oxygens (including phenoxy) is 3. The third-order valence-corrected chi connectivity index (χ3v) is 7.31. The Kier molecular flexibility index (Phi) is 8.31. The highest BCUT2D eigenvalue weighted by molar-refractivity contribution is 9.11. The van der Waals surface area contributed by atoms with Crippen molar-refractivity contribution in [2.75, 3.05) is 26.4 Å². The van der Waals surface area contributed by atoms with Crippen molar-refractivity contribution in [2.45, 2.75) is 31.5 Å². The van der Waals surface area contributed by atoms with Gasteiger partial charge in [-0.3, -0.25) is 0 Å². The molecule has 2 aromatic rings. The van der Waals surface area contributed by atoms with Gasteiger partial charge >= 0.3 is 0 Å². The van der Waals surface area contributed by atoms with Gasteiger partial charge in [0.15, 0.2) is 0 Å². The molecule has 0 spiro atoms. The van der Waals surface area contributed by atoms with Gasteiger partial charge < -0.3 is 24.4 Å². The van der Waals surface area contributed by atoms with E-state index >= 15 is 0 Å². The van der Waals surface area contributed by atoms with E-state index in [2.05, 4.69) is 77.6 Å². The SMILES string of the molecule is C(OCC1CO1)C1CO1.CC(C)(c1cc(Br)c(O)c(Br)c1)c1cc(Br)c(O)c(Br)c1. The van der Waals surface area contributed by atoms with Crippen LogP contribution < -0.4 is 0 Å². The zero-order chi connectivity index (χ0) is 22.1. The first-order valence-electron chi connectivity index (χ1n) is 9.27. The summed E-state index contributed by atoms with van der Waals surface area (Å²) in [6.45, 7) is 7.43. The number of hydrogen-bond donors (Lipinski definition) is 2. The molecule has 2 heterocycles. The van der Waals surface area contributed by atoms with Gasteiger partial charge in [-0.15, -0.1) is 0 Å². The van der Waals surface area contributed by atoms with Crippen LogP contribution in [-0.2, 0) is 19.6 Å².